The number of aromatic nitrogens is 12. The van der Waals surface area contributed by atoms with Crippen molar-refractivity contribution in [2.45, 2.75) is 182 Å². The predicted octanol–water partition coefficient (Wildman–Crippen LogP) is 16.4. The van der Waals surface area contributed by atoms with Crippen molar-refractivity contribution in [2.24, 2.45) is 22.7 Å². The monoisotopic (exact) mass is 2290 g/mol. The van der Waals surface area contributed by atoms with Crippen LogP contribution in [0.15, 0.2) is 137 Å². The van der Waals surface area contributed by atoms with Crippen LogP contribution >= 0.6 is 138 Å². The Bertz CT molecular complexity index is 5700. The van der Waals surface area contributed by atoms with Crippen LogP contribution in [0.2, 0.25) is 0 Å². The molecule has 11 aromatic rings. The van der Waals surface area contributed by atoms with E-state index in [2.05, 4.69) is 198 Å². The molecule has 6 aliphatic heterocycles. The van der Waals surface area contributed by atoms with Crippen LogP contribution in [0.4, 0.5) is 23.3 Å². The highest BCUT2D eigenvalue weighted by atomic mass is 131. The van der Waals surface area contributed by atoms with E-state index in [1.54, 1.807) is 76.1 Å². The number of carbonyl (C=O) groups is 2. The quantitative estimate of drug-likeness (QED) is 0.0163. The Kier molecular flexibility index (Phi) is 35.2. The lowest BCUT2D eigenvalue weighted by atomic mass is 9.93. The number of benzene rings is 3. The second kappa shape index (κ2) is 45.9. The summed E-state index contributed by atoms with van der Waals surface area (Å²) in [6.45, 7) is 32.4. The van der Waals surface area contributed by atoms with Gasteiger partial charge in [0.2, 0.25) is 0 Å². The lowest BCUT2D eigenvalue weighted by Crippen LogP contribution is -2.43. The van der Waals surface area contributed by atoms with Gasteiger partial charge in [-0.25, -0.2) is 34.9 Å². The van der Waals surface area contributed by atoms with Gasteiger partial charge in [0.1, 0.15) is 91.7 Å². The van der Waals surface area contributed by atoms with E-state index in [1.165, 1.54) is 26.6 Å². The highest BCUT2D eigenvalue weighted by molar-refractivity contribution is 14.1. The van der Waals surface area contributed by atoms with Gasteiger partial charge in [0.25, 0.3) is 11.8 Å². The number of aliphatic hydroxyl groups excluding tert-OH is 2. The van der Waals surface area contributed by atoms with Gasteiger partial charge < -0.3 is 110 Å². The average Bonchev–Trinajstić information content (AvgIpc) is 1.30. The first-order chi connectivity index (χ1) is 61.8. The predicted molar refractivity (Wildman–Crippen MR) is 544 cm³/mol. The van der Waals surface area contributed by atoms with Gasteiger partial charge in [-0.05, 0) is 273 Å². The van der Waals surface area contributed by atoms with Gasteiger partial charge in [-0.3, -0.25) is 9.59 Å². The van der Waals surface area contributed by atoms with Crippen molar-refractivity contribution in [3.63, 3.8) is 0 Å². The molecule has 0 bridgehead atoms. The number of pyridine rings is 4. The number of fused-ring (bicyclic) bond motifs is 7. The van der Waals surface area contributed by atoms with Crippen molar-refractivity contribution in [1.29, 1.82) is 0 Å². The van der Waals surface area contributed by atoms with Crippen molar-refractivity contribution in [1.82, 2.24) is 78.6 Å². The number of ether oxygens (including phenoxy) is 7. The second-order valence-corrected chi connectivity index (χ2v) is 43.0. The number of H-pyrrole nitrogens is 1. The number of nitrogen functional groups attached to an aromatic ring is 4. The first-order valence-electron chi connectivity index (χ1n) is 43.3. The molecule has 0 aliphatic carbocycles. The van der Waals surface area contributed by atoms with E-state index in [1.807, 2.05) is 61.5 Å². The van der Waals surface area contributed by atoms with Crippen LogP contribution in [0.1, 0.15) is 113 Å². The number of allylic oxidation sites excluding steroid dienone is 2. The number of hydrogen-bond acceptors (Lipinski definition) is 28. The highest BCUT2D eigenvalue weighted by Gasteiger charge is 2.30. The molecule has 17 rings (SSSR count). The number of aryl methyl sites for hydroxylation is 3. The molecule has 2 fully saturated rings. The van der Waals surface area contributed by atoms with Crippen molar-refractivity contribution in [3.8, 4) is 28.7 Å². The fraction of sp³-hybridized carbons (Fsp3) is 0.467. The number of rotatable bonds is 23. The summed E-state index contributed by atoms with van der Waals surface area (Å²) in [5, 5.41) is 28.8. The zero-order chi connectivity index (χ0) is 91.8. The number of imidazole rings is 4. The molecule has 0 radical (unpaired) electrons. The van der Waals surface area contributed by atoms with E-state index in [0.29, 0.717) is 106 Å². The maximum absolute atomic E-state index is 12.1. The molecule has 0 spiro atoms. The van der Waals surface area contributed by atoms with Crippen molar-refractivity contribution >= 4 is 217 Å². The van der Waals surface area contributed by atoms with Crippen molar-refractivity contribution < 1.29 is 53.0 Å². The number of likely N-dealkylation sites (tertiary alicyclic amines) is 2. The second-order valence-electron chi connectivity index (χ2n) is 34.4. The molecule has 8 aromatic heterocycles. The van der Waals surface area contributed by atoms with Crippen LogP contribution in [0.5, 0.6) is 28.7 Å². The SMILES string of the molecule is C/C([131I])=C\C1=COCCO1.CC(C)(C)CNCCn1c(Sc2cc3c(cc2[124I])OCCO3)nc2c(N)nccc21.CC(C)(C)CNCCn1c(Sc2cc3c(cc2[131I])OCCO3)nc2c(N)nccc21.C[C@H](O)C(=O)N1CCC(CCn2c(=S)[nH]c3c(N)nccc32)CC1.C[C@H](O)C(=O)N1CCC(CCn2c(Sc3cc4c(cc3[124I])CCCO4)nc3c(N)nccc32)CC1. The van der Waals surface area contributed by atoms with Crippen LogP contribution in [-0.4, -0.2) is 201 Å². The number of nitrogens with zero attached hydrogens (tertiary/aromatic N) is 13. The first kappa shape index (κ1) is 98.9. The van der Waals surface area contributed by atoms with Gasteiger partial charge in [0.15, 0.2) is 66.5 Å². The lowest BCUT2D eigenvalue weighted by molar-refractivity contribution is -0.141. The van der Waals surface area contributed by atoms with Crippen molar-refractivity contribution in [3.05, 3.63) is 128 Å². The molecule has 692 valence electrons. The molecule has 0 unspecified atom stereocenters. The lowest BCUT2D eigenvalue weighted by Gasteiger charge is -2.33. The Morgan fingerprint density at radius 1 is 0.558 bits per heavy atom. The third-order valence-corrected chi connectivity index (χ3v) is 29.5. The fourth-order valence-corrected chi connectivity index (χ4v) is 21.2. The average molecular weight is 2290 g/mol. The third kappa shape index (κ3) is 26.7. The Hall–Kier alpha value is -7.61. The molecule has 31 nitrogen and oxygen atoms in total. The summed E-state index contributed by atoms with van der Waals surface area (Å²) in [5.74, 6) is 7.46. The molecule has 6 aliphatic rings. The normalized spacial score (nSPS) is 15.8. The van der Waals surface area contributed by atoms with E-state index < -0.39 is 12.2 Å². The van der Waals surface area contributed by atoms with E-state index in [4.69, 9.17) is 83.3 Å². The number of nitrogens with one attached hydrogen (secondary N) is 3. The summed E-state index contributed by atoms with van der Waals surface area (Å²) in [5.41, 5.74) is 33.0. The van der Waals surface area contributed by atoms with E-state index in [9.17, 15) is 19.8 Å². The zero-order valence-electron chi connectivity index (χ0n) is 74.0. The zero-order valence-corrected chi connectivity index (χ0v) is 85.9. The topological polar surface area (TPSA) is 400 Å². The van der Waals surface area contributed by atoms with Crippen LogP contribution in [-0.2, 0) is 51.7 Å². The molecular formula is C90H114I4N20O11S4. The molecule has 13 N–H and O–H groups in total. The molecule has 2 amide bonds. The number of carbonyl (C=O) groups excluding carboxylic acids is 2. The van der Waals surface area contributed by atoms with Crippen LogP contribution in [0.25, 0.3) is 44.1 Å². The molecule has 39 heteroatoms. The third-order valence-electron chi connectivity index (χ3n) is 21.9. The number of amides is 2. The minimum absolute atomic E-state index is 0.171. The number of halogens is 4. The largest absolute Gasteiger partial charge is 0.494 e. The fourth-order valence-electron chi connectivity index (χ4n) is 15.3. The molecule has 3 aromatic carbocycles. The minimum Gasteiger partial charge on any atom is -0.494 e. The molecule has 129 heavy (non-hydrogen) atoms. The summed E-state index contributed by atoms with van der Waals surface area (Å²) in [6, 6.07) is 20.3. The Morgan fingerprint density at radius 2 is 0.961 bits per heavy atom. The number of piperidine rings is 2. The van der Waals surface area contributed by atoms with E-state index in [0.717, 1.165) is 226 Å². The summed E-state index contributed by atoms with van der Waals surface area (Å²) in [4.78, 5) is 65.1. The maximum atomic E-state index is 12.1. The Balaban J connectivity index is 0.000000142. The van der Waals surface area contributed by atoms with Crippen LogP contribution in [0.3, 0.4) is 0 Å². The van der Waals surface area contributed by atoms with Gasteiger partial charge in [-0.2, -0.15) is 0 Å². The Labute approximate surface area is 824 Å². The number of aromatic amines is 1. The van der Waals surface area contributed by atoms with Crippen LogP contribution < -0.4 is 57.3 Å². The Morgan fingerprint density at radius 3 is 1.42 bits per heavy atom. The first-order valence-corrected chi connectivity index (χ1v) is 50.4. The molecule has 14 heterocycles. The van der Waals surface area contributed by atoms with Gasteiger partial charge in [-0.1, -0.05) is 76.8 Å². The maximum Gasteiger partial charge on any atom is 0.251 e. The minimum atomic E-state index is -0.931. The molecular weight excluding hydrogens is 2180 g/mol. The molecule has 2 atom stereocenters. The number of nitrogens with two attached hydrogens (primary N) is 4. The molecule has 0 saturated carbocycles. The van der Waals surface area contributed by atoms with Crippen LogP contribution in [0, 0.1) is 38.1 Å². The van der Waals surface area contributed by atoms with Gasteiger partial charge >= 0.3 is 0 Å². The number of hydrogen-bond donors (Lipinski definition) is 9. The van der Waals surface area contributed by atoms with Gasteiger partial charge in [0.05, 0.1) is 28.7 Å². The number of anilines is 4. The standard InChI is InChI=1S/C25H30IN5O3S.2C21H26IN5O2S.C16H23N5O2S.C7H9IO2/c1-15(32)24(33)30-9-5-16(6-10-30)7-11-31-19-4-8-28-23(27)22(19)29-25(31)35-21-14-20-17(13-18(21)26)3-2-12-34-20;2*1-21(2,3)12-24-6-7-27-14-4-5-25-19(23)18(14)26-20(27)30-17-11-16-15(10-13(17)22)28-8-9-29-16;1-10(22)15(23)20-7-3-11(4-8-20)5-9-21-12-2-6-18-14(17)13(12)19-16(21)24;1-6(8)4-7-5-9-2-3-10-7/h4,8,13-16,32H,2-3,5-7,9-12H2,1H3,(H2,27,28);2*4-5,10-11,24H,6-9,12H2,1-3H3,(H2,23,25);2,6,10-11,22H,3-5,7-9H2,1H3,(H2,17,18)(H,19,24);4-5H,2-3H2,1H3/b;;;;6-4+/t15-;;;10-;/m0..0./s1/i26-3;22+4;22-3;;8+4. The smallest absolute Gasteiger partial charge is 0.251 e. The van der Waals surface area contributed by atoms with Gasteiger partial charge in [-0.15, -0.1) is 0 Å². The summed E-state index contributed by atoms with van der Waals surface area (Å²) in [7, 11) is 0. The summed E-state index contributed by atoms with van der Waals surface area (Å²) < 4.78 is 53.1. The number of aliphatic hydroxyl groups is 2. The van der Waals surface area contributed by atoms with E-state index in [-0.39, 0.29) is 22.6 Å². The highest BCUT2D eigenvalue weighted by Crippen LogP contribution is 2.45. The molecule has 2 saturated heterocycles. The van der Waals surface area contributed by atoms with Gasteiger partial charge in [0, 0.05) is 129 Å². The summed E-state index contributed by atoms with van der Waals surface area (Å²) in [6.07, 6.45) is 16.5. The van der Waals surface area contributed by atoms with E-state index >= 15 is 0 Å². The van der Waals surface area contributed by atoms with Crippen molar-refractivity contribution in [2.75, 3.05) is 122 Å². The summed E-state index contributed by atoms with van der Waals surface area (Å²) >= 11 is 19.6.